The number of ether oxygens (including phenoxy) is 2. The Morgan fingerprint density at radius 2 is 1.69 bits per heavy atom. The van der Waals surface area contributed by atoms with Crippen molar-refractivity contribution in [3.8, 4) is 0 Å². The number of benzene rings is 1. The smallest absolute Gasteiger partial charge is 0.411 e. The van der Waals surface area contributed by atoms with E-state index in [9.17, 15) is 14.4 Å². The Kier molecular flexibility index (Phi) is 6.38. The summed E-state index contributed by atoms with van der Waals surface area (Å²) in [6.07, 6.45) is 0.00774. The van der Waals surface area contributed by atoms with Crippen LogP contribution in [-0.4, -0.2) is 90.3 Å². The van der Waals surface area contributed by atoms with Crippen molar-refractivity contribution in [1.29, 1.82) is 0 Å². The van der Waals surface area contributed by atoms with Gasteiger partial charge in [-0.1, -0.05) is 24.3 Å². The number of amides is 4. The molecule has 3 fully saturated rings. The number of morpholine rings is 1. The van der Waals surface area contributed by atoms with Crippen LogP contribution in [0.1, 0.15) is 31.9 Å². The highest BCUT2D eigenvalue weighted by atomic mass is 16.6. The molecule has 1 aliphatic carbocycles. The molecule has 9 heteroatoms. The number of carbonyl (C=O) groups is 3. The molecule has 0 radical (unpaired) electrons. The zero-order valence-corrected chi connectivity index (χ0v) is 20.9. The van der Waals surface area contributed by atoms with E-state index in [0.29, 0.717) is 63.6 Å². The molecule has 0 spiro atoms. The molecule has 1 saturated carbocycles. The molecule has 0 aromatic heterocycles. The molecule has 3 aliphatic heterocycles. The lowest BCUT2D eigenvalue weighted by molar-refractivity contribution is -0.127. The second-order valence-electron chi connectivity index (χ2n) is 11.1. The van der Waals surface area contributed by atoms with Crippen molar-refractivity contribution < 1.29 is 23.9 Å². The molecule has 35 heavy (non-hydrogen) atoms. The summed E-state index contributed by atoms with van der Waals surface area (Å²) >= 11 is 0. The van der Waals surface area contributed by atoms with Gasteiger partial charge in [0.05, 0.1) is 19.8 Å². The summed E-state index contributed by atoms with van der Waals surface area (Å²) in [5.74, 6) is 1.12. The van der Waals surface area contributed by atoms with E-state index in [0.717, 1.165) is 24.2 Å². The van der Waals surface area contributed by atoms with Gasteiger partial charge in [-0.3, -0.25) is 9.69 Å². The fourth-order valence-corrected chi connectivity index (χ4v) is 5.67. The highest BCUT2D eigenvalue weighted by molar-refractivity contribution is 5.86. The van der Waals surface area contributed by atoms with E-state index >= 15 is 0 Å². The Morgan fingerprint density at radius 3 is 2.34 bits per heavy atom. The van der Waals surface area contributed by atoms with Crippen molar-refractivity contribution in [2.45, 2.75) is 45.4 Å². The first-order valence-corrected chi connectivity index (χ1v) is 12.7. The summed E-state index contributed by atoms with van der Waals surface area (Å²) in [6, 6.07) is 7.44. The van der Waals surface area contributed by atoms with Gasteiger partial charge in [-0.25, -0.2) is 9.59 Å². The minimum Gasteiger partial charge on any atom is -0.444 e. The highest BCUT2D eigenvalue weighted by Crippen LogP contribution is 2.51. The van der Waals surface area contributed by atoms with Crippen LogP contribution in [-0.2, 0) is 27.2 Å². The van der Waals surface area contributed by atoms with Crippen LogP contribution in [0.2, 0.25) is 0 Å². The summed E-state index contributed by atoms with van der Waals surface area (Å²) in [5.41, 5.74) is 1.50. The monoisotopic (exact) mass is 484 g/mol. The van der Waals surface area contributed by atoms with Crippen LogP contribution in [0.5, 0.6) is 0 Å². The molecule has 4 amide bonds. The van der Waals surface area contributed by atoms with E-state index in [1.807, 2.05) is 54.8 Å². The number of hydrogen-bond acceptors (Lipinski definition) is 5. The molecule has 3 heterocycles. The number of fused-ring (bicyclic) bond motifs is 2. The van der Waals surface area contributed by atoms with Crippen LogP contribution in [0.25, 0.3) is 0 Å². The maximum absolute atomic E-state index is 13.3. The van der Waals surface area contributed by atoms with E-state index in [2.05, 4.69) is 5.32 Å². The Balaban J connectivity index is 1.16. The van der Waals surface area contributed by atoms with Crippen LogP contribution in [0.3, 0.4) is 0 Å². The summed E-state index contributed by atoms with van der Waals surface area (Å²) in [6.45, 7) is 10.4. The van der Waals surface area contributed by atoms with Crippen LogP contribution >= 0.6 is 0 Å². The highest BCUT2D eigenvalue weighted by Gasteiger charge is 2.57. The number of carbonyl (C=O) groups excluding carboxylic acids is 3. The molecule has 1 aromatic carbocycles. The van der Waals surface area contributed by atoms with Crippen molar-refractivity contribution in [3.63, 3.8) is 0 Å². The lowest BCUT2D eigenvalue weighted by Crippen LogP contribution is -2.54. The lowest BCUT2D eigenvalue weighted by Gasteiger charge is -2.37. The normalized spacial score (nSPS) is 27.7. The lowest BCUT2D eigenvalue weighted by atomic mass is 9.93. The van der Waals surface area contributed by atoms with Crippen molar-refractivity contribution in [2.75, 3.05) is 45.9 Å². The number of piperidine rings is 1. The van der Waals surface area contributed by atoms with Crippen molar-refractivity contribution in [3.05, 3.63) is 35.4 Å². The summed E-state index contributed by atoms with van der Waals surface area (Å²) in [5, 5.41) is 3.11. The minimum absolute atomic E-state index is 0.108. The molecule has 4 aliphatic rings. The third-order valence-corrected chi connectivity index (χ3v) is 7.61. The molecule has 1 N–H and O–H groups in total. The Labute approximate surface area is 206 Å². The van der Waals surface area contributed by atoms with Gasteiger partial charge < -0.3 is 24.6 Å². The van der Waals surface area contributed by atoms with Crippen molar-refractivity contribution in [2.24, 2.45) is 17.8 Å². The molecule has 3 atom stereocenters. The van der Waals surface area contributed by atoms with Crippen LogP contribution in [0.4, 0.5) is 9.59 Å². The zero-order valence-electron chi connectivity index (χ0n) is 20.9. The quantitative estimate of drug-likeness (QED) is 0.710. The molecular formula is C26H36N4O5. The summed E-state index contributed by atoms with van der Waals surface area (Å²) in [7, 11) is 0. The number of rotatable bonds is 3. The van der Waals surface area contributed by atoms with E-state index in [1.54, 1.807) is 4.90 Å². The van der Waals surface area contributed by atoms with Crippen LogP contribution in [0, 0.1) is 17.8 Å². The Bertz CT molecular complexity index is 974. The number of nitrogens with one attached hydrogen (secondary N) is 1. The van der Waals surface area contributed by atoms with Gasteiger partial charge in [0.1, 0.15) is 11.6 Å². The first-order valence-electron chi connectivity index (χ1n) is 12.7. The molecule has 1 aromatic rings. The number of nitrogens with zero attached hydrogens (tertiary/aromatic N) is 3. The molecular weight excluding hydrogens is 448 g/mol. The van der Waals surface area contributed by atoms with Gasteiger partial charge in [-0.2, -0.15) is 0 Å². The average Bonchev–Trinajstić information content (AvgIpc) is 3.28. The predicted octanol–water partition coefficient (Wildman–Crippen LogP) is 2.09. The summed E-state index contributed by atoms with van der Waals surface area (Å²) < 4.78 is 11.0. The van der Waals surface area contributed by atoms with Crippen molar-refractivity contribution >= 4 is 18.0 Å². The van der Waals surface area contributed by atoms with Gasteiger partial charge in [0, 0.05) is 39.1 Å². The first-order chi connectivity index (χ1) is 16.7. The van der Waals surface area contributed by atoms with E-state index in [4.69, 9.17) is 9.47 Å². The second-order valence-corrected chi connectivity index (χ2v) is 11.1. The Morgan fingerprint density at radius 1 is 1.03 bits per heavy atom. The van der Waals surface area contributed by atoms with Gasteiger partial charge in [0.15, 0.2) is 0 Å². The maximum atomic E-state index is 13.3. The van der Waals surface area contributed by atoms with Gasteiger partial charge >= 0.3 is 12.1 Å². The topological polar surface area (TPSA) is 91.4 Å². The van der Waals surface area contributed by atoms with Gasteiger partial charge in [-0.05, 0) is 49.7 Å². The first kappa shape index (κ1) is 23.9. The van der Waals surface area contributed by atoms with Crippen molar-refractivity contribution in [1.82, 2.24) is 20.0 Å². The predicted molar refractivity (Wildman–Crippen MR) is 129 cm³/mol. The van der Waals surface area contributed by atoms with Gasteiger partial charge in [-0.15, -0.1) is 0 Å². The fraction of sp³-hybridized carbons (Fsp3) is 0.654. The molecule has 5 rings (SSSR count). The third-order valence-electron chi connectivity index (χ3n) is 7.61. The number of likely N-dealkylation sites (tertiary alicyclic amines) is 1. The van der Waals surface area contributed by atoms with Crippen LogP contribution in [0.15, 0.2) is 24.3 Å². The van der Waals surface area contributed by atoms with E-state index in [-0.39, 0.29) is 11.9 Å². The fourth-order valence-electron chi connectivity index (χ4n) is 5.67. The third kappa shape index (κ3) is 5.10. The molecule has 2 saturated heterocycles. The summed E-state index contributed by atoms with van der Waals surface area (Å²) in [4.78, 5) is 44.3. The van der Waals surface area contributed by atoms with Gasteiger partial charge in [0.2, 0.25) is 5.91 Å². The molecule has 9 nitrogen and oxygen atoms in total. The van der Waals surface area contributed by atoms with Gasteiger partial charge in [0.25, 0.3) is 0 Å². The van der Waals surface area contributed by atoms with E-state index in [1.165, 1.54) is 0 Å². The average molecular weight is 485 g/mol. The number of urea groups is 1. The molecule has 3 unspecified atom stereocenters. The standard InChI is InChI=1S/C26H36N4O5/c1-26(2,3)35-25(33)30-14-18-7-5-4-6-17(18)12-22(30)23(31)27-13-19-20-15-29(16-21(19)20)24(32)28-8-10-34-11-9-28/h4-7,19-22H,8-16H2,1-3H3,(H,27,31). The number of hydrogen-bond donors (Lipinski definition) is 1. The Hall–Kier alpha value is -2.81. The molecule has 0 bridgehead atoms. The SMILES string of the molecule is CC(C)(C)OC(=O)N1Cc2ccccc2CC1C(=O)NCC1C2CN(C(=O)N3CCOCC3)CC12. The van der Waals surface area contributed by atoms with Crippen LogP contribution < -0.4 is 5.32 Å². The second kappa shape index (κ2) is 9.33. The zero-order chi connectivity index (χ0) is 24.7. The molecule has 190 valence electrons. The maximum Gasteiger partial charge on any atom is 0.411 e. The minimum atomic E-state index is -0.634. The van der Waals surface area contributed by atoms with E-state index < -0.39 is 17.7 Å². The largest absolute Gasteiger partial charge is 0.444 e.